The number of anilines is 3. The maximum Gasteiger partial charge on any atom is 0.419 e. The lowest BCUT2D eigenvalue weighted by Gasteiger charge is -2.21. The van der Waals surface area contributed by atoms with E-state index in [0.29, 0.717) is 6.07 Å². The van der Waals surface area contributed by atoms with Gasteiger partial charge in [-0.15, -0.1) is 0 Å². The summed E-state index contributed by atoms with van der Waals surface area (Å²) in [6, 6.07) is 6.58. The second-order valence-electron chi connectivity index (χ2n) is 6.58. The van der Waals surface area contributed by atoms with E-state index < -0.39 is 47.2 Å². The van der Waals surface area contributed by atoms with Gasteiger partial charge in [-0.05, 0) is 23.8 Å². The molecular formula is C21H15F5N4O2. The average Bonchev–Trinajstić information content (AvgIpc) is 2.68. The van der Waals surface area contributed by atoms with Gasteiger partial charge in [0.1, 0.15) is 11.6 Å². The van der Waals surface area contributed by atoms with Gasteiger partial charge in [-0.25, -0.2) is 13.8 Å². The number of rotatable bonds is 5. The zero-order chi connectivity index (χ0) is 23.5. The lowest BCUT2D eigenvalue weighted by molar-refractivity contribution is -0.140. The second-order valence-corrected chi connectivity index (χ2v) is 6.58. The fraction of sp³-hybridized carbons (Fsp3) is 0.143. The molecule has 0 spiro atoms. The van der Waals surface area contributed by atoms with Crippen LogP contribution in [0, 0.1) is 11.6 Å². The SMILES string of the molecule is CC(=O)N(c1cc(NC(=O)Cc2cccc(F)c2C(F)(F)F)ccn1)c1ccncc1F. The highest BCUT2D eigenvalue weighted by Gasteiger charge is 2.37. The Morgan fingerprint density at radius 1 is 1.06 bits per heavy atom. The molecular weight excluding hydrogens is 435 g/mol. The molecule has 0 aliphatic heterocycles. The zero-order valence-electron chi connectivity index (χ0n) is 16.5. The molecule has 0 unspecified atom stereocenters. The molecule has 0 saturated carbocycles. The topological polar surface area (TPSA) is 75.2 Å². The monoisotopic (exact) mass is 450 g/mol. The third-order valence-electron chi connectivity index (χ3n) is 4.30. The fourth-order valence-electron chi connectivity index (χ4n) is 3.03. The summed E-state index contributed by atoms with van der Waals surface area (Å²) in [6.45, 7) is 1.18. The number of benzene rings is 1. The summed E-state index contributed by atoms with van der Waals surface area (Å²) in [6.07, 6.45) is -2.31. The van der Waals surface area contributed by atoms with E-state index in [-0.39, 0.29) is 17.2 Å². The van der Waals surface area contributed by atoms with E-state index in [4.69, 9.17) is 0 Å². The number of nitrogens with zero attached hydrogens (tertiary/aromatic N) is 3. The van der Waals surface area contributed by atoms with E-state index >= 15 is 0 Å². The summed E-state index contributed by atoms with van der Waals surface area (Å²) in [7, 11) is 0. The Hall–Kier alpha value is -3.89. The van der Waals surface area contributed by atoms with Crippen molar-refractivity contribution in [1.29, 1.82) is 0 Å². The number of pyridine rings is 2. The number of alkyl halides is 3. The molecule has 0 aliphatic carbocycles. The van der Waals surface area contributed by atoms with Crippen molar-refractivity contribution in [2.75, 3.05) is 10.2 Å². The molecule has 0 aliphatic rings. The molecule has 0 radical (unpaired) electrons. The number of carbonyl (C=O) groups excluding carboxylic acids is 2. The molecule has 166 valence electrons. The van der Waals surface area contributed by atoms with E-state index in [1.807, 2.05) is 0 Å². The minimum absolute atomic E-state index is 0.0397. The highest BCUT2D eigenvalue weighted by molar-refractivity contribution is 5.99. The van der Waals surface area contributed by atoms with Gasteiger partial charge in [0.2, 0.25) is 11.8 Å². The van der Waals surface area contributed by atoms with Crippen LogP contribution in [-0.2, 0) is 22.2 Å². The van der Waals surface area contributed by atoms with Crippen molar-refractivity contribution >= 4 is 29.0 Å². The highest BCUT2D eigenvalue weighted by Crippen LogP contribution is 2.34. The Labute approximate surface area is 178 Å². The largest absolute Gasteiger partial charge is 0.419 e. The summed E-state index contributed by atoms with van der Waals surface area (Å²) >= 11 is 0. The predicted octanol–water partition coefficient (Wildman–Crippen LogP) is 4.64. The van der Waals surface area contributed by atoms with Gasteiger partial charge in [-0.3, -0.25) is 19.5 Å². The maximum atomic E-state index is 14.1. The molecule has 6 nitrogen and oxygen atoms in total. The number of hydrogen-bond donors (Lipinski definition) is 1. The van der Waals surface area contributed by atoms with E-state index in [2.05, 4.69) is 15.3 Å². The van der Waals surface area contributed by atoms with Gasteiger partial charge in [-0.1, -0.05) is 12.1 Å². The van der Waals surface area contributed by atoms with Crippen molar-refractivity contribution in [3.05, 3.63) is 77.8 Å². The van der Waals surface area contributed by atoms with E-state index in [1.165, 1.54) is 37.5 Å². The van der Waals surface area contributed by atoms with Gasteiger partial charge in [0, 0.05) is 31.1 Å². The van der Waals surface area contributed by atoms with Crippen LogP contribution < -0.4 is 10.2 Å². The first kappa shape index (κ1) is 22.8. The number of halogens is 5. The first-order valence-electron chi connectivity index (χ1n) is 9.08. The average molecular weight is 450 g/mol. The minimum Gasteiger partial charge on any atom is -0.326 e. The van der Waals surface area contributed by atoms with Crippen LogP contribution in [0.25, 0.3) is 0 Å². The molecule has 3 rings (SSSR count). The zero-order valence-corrected chi connectivity index (χ0v) is 16.5. The molecule has 32 heavy (non-hydrogen) atoms. The molecule has 11 heteroatoms. The Bertz CT molecular complexity index is 1170. The first-order valence-corrected chi connectivity index (χ1v) is 9.08. The molecule has 1 N–H and O–H groups in total. The van der Waals surface area contributed by atoms with E-state index in [9.17, 15) is 31.5 Å². The van der Waals surface area contributed by atoms with Crippen LogP contribution in [0.15, 0.2) is 55.0 Å². The summed E-state index contributed by atoms with van der Waals surface area (Å²) in [5.74, 6) is -3.75. The van der Waals surface area contributed by atoms with Gasteiger partial charge < -0.3 is 5.32 Å². The quantitative estimate of drug-likeness (QED) is 0.575. The van der Waals surface area contributed by atoms with Crippen LogP contribution >= 0.6 is 0 Å². The number of carbonyl (C=O) groups is 2. The Morgan fingerprint density at radius 3 is 2.47 bits per heavy atom. The van der Waals surface area contributed by atoms with Crippen LogP contribution in [0.2, 0.25) is 0 Å². The summed E-state index contributed by atoms with van der Waals surface area (Å²) in [5.41, 5.74) is -2.08. The lowest BCUT2D eigenvalue weighted by atomic mass is 10.0. The Kier molecular flexibility index (Phi) is 6.47. The van der Waals surface area contributed by atoms with Crippen molar-refractivity contribution in [2.45, 2.75) is 19.5 Å². The highest BCUT2D eigenvalue weighted by atomic mass is 19.4. The van der Waals surface area contributed by atoms with Crippen LogP contribution in [0.4, 0.5) is 39.1 Å². The van der Waals surface area contributed by atoms with Crippen LogP contribution in [-0.4, -0.2) is 21.8 Å². The third kappa shape index (κ3) is 5.05. The molecule has 2 amide bonds. The van der Waals surface area contributed by atoms with Crippen LogP contribution in [0.5, 0.6) is 0 Å². The first-order chi connectivity index (χ1) is 15.1. The third-order valence-corrected chi connectivity index (χ3v) is 4.30. The van der Waals surface area contributed by atoms with Gasteiger partial charge in [0.05, 0.1) is 23.9 Å². The molecule has 2 heterocycles. The van der Waals surface area contributed by atoms with Crippen molar-refractivity contribution in [3.8, 4) is 0 Å². The smallest absolute Gasteiger partial charge is 0.326 e. The summed E-state index contributed by atoms with van der Waals surface area (Å²) in [5, 5.41) is 2.38. The Morgan fingerprint density at radius 2 is 1.81 bits per heavy atom. The van der Waals surface area contributed by atoms with Crippen molar-refractivity contribution < 1.29 is 31.5 Å². The Balaban J connectivity index is 1.86. The predicted molar refractivity (Wildman–Crippen MR) is 105 cm³/mol. The van der Waals surface area contributed by atoms with E-state index in [0.717, 1.165) is 23.2 Å². The number of aromatic nitrogens is 2. The lowest BCUT2D eigenvalue weighted by Crippen LogP contribution is -2.25. The molecule has 0 atom stereocenters. The number of amides is 2. The summed E-state index contributed by atoms with van der Waals surface area (Å²) < 4.78 is 67.3. The molecule has 0 fully saturated rings. The number of hydrogen-bond acceptors (Lipinski definition) is 4. The minimum atomic E-state index is -4.97. The molecule has 1 aromatic carbocycles. The normalized spacial score (nSPS) is 11.2. The van der Waals surface area contributed by atoms with Gasteiger partial charge in [-0.2, -0.15) is 13.2 Å². The number of nitrogens with one attached hydrogen (secondary N) is 1. The summed E-state index contributed by atoms with van der Waals surface area (Å²) in [4.78, 5) is 33.0. The maximum absolute atomic E-state index is 14.1. The molecule has 0 bridgehead atoms. The van der Waals surface area contributed by atoms with Gasteiger partial charge in [0.15, 0.2) is 5.82 Å². The molecule has 3 aromatic rings. The van der Waals surface area contributed by atoms with Gasteiger partial charge >= 0.3 is 6.18 Å². The van der Waals surface area contributed by atoms with Crippen molar-refractivity contribution in [2.24, 2.45) is 0 Å². The second kappa shape index (κ2) is 9.08. The molecule has 2 aromatic heterocycles. The van der Waals surface area contributed by atoms with Crippen molar-refractivity contribution in [3.63, 3.8) is 0 Å². The molecule has 0 saturated heterocycles. The van der Waals surface area contributed by atoms with Crippen LogP contribution in [0.3, 0.4) is 0 Å². The standard InChI is InChI=1S/C21H15F5N4O2/c1-12(31)30(17-6-7-27-11-16(17)23)18-10-14(5-8-28-18)29-19(32)9-13-3-2-4-15(22)20(13)21(24,25)26/h2-8,10-11H,9H2,1H3,(H,28,29,32). The van der Waals surface area contributed by atoms with Gasteiger partial charge in [0.25, 0.3) is 0 Å². The van der Waals surface area contributed by atoms with E-state index in [1.54, 1.807) is 0 Å². The van der Waals surface area contributed by atoms with Crippen LogP contribution in [0.1, 0.15) is 18.1 Å². The van der Waals surface area contributed by atoms with Crippen molar-refractivity contribution in [1.82, 2.24) is 9.97 Å². The fourth-order valence-corrected chi connectivity index (χ4v) is 3.03.